The summed E-state index contributed by atoms with van der Waals surface area (Å²) < 4.78 is 1.02. The second-order valence-electron chi connectivity index (χ2n) is 20.7. The zero-order chi connectivity index (χ0) is 39.5. The van der Waals surface area contributed by atoms with E-state index in [1.807, 2.05) is 23.9 Å². The first-order valence-corrected chi connectivity index (χ1v) is 23.2. The van der Waals surface area contributed by atoms with Crippen LogP contribution in [0, 0.1) is 69.0 Å². The summed E-state index contributed by atoms with van der Waals surface area (Å²) in [6, 6.07) is 8.18. The normalized spacial score (nSPS) is 39.6. The number of allylic oxidation sites excluding steroid dienone is 8. The zero-order valence-corrected chi connectivity index (χ0v) is 41.1. The Labute approximate surface area is 391 Å². The van der Waals surface area contributed by atoms with E-state index in [0.717, 1.165) is 64.2 Å². The van der Waals surface area contributed by atoms with E-state index >= 15 is 0 Å². The average molecular weight is 999 g/mol. The van der Waals surface area contributed by atoms with Crippen LogP contribution in [-0.2, 0) is 20.4 Å². The topological polar surface area (TPSA) is 66.2 Å². The SMILES string of the molecule is Brc1cccnc1.C[C@H]1CC[C@@]2(C)C(=CCC3C2CC[C@]2(C)C(B(O)O)=CCC32)C1.C[C@H]1CC[C@@]2(C)C(=CCC3C2CC[C@]2(C)C(c4cccnc4)=CCC32)C1.Cl.Cl.[Pd]. The van der Waals surface area contributed by atoms with Crippen molar-refractivity contribution in [2.75, 3.05) is 0 Å². The largest absolute Gasteiger partial charge is 0.484 e. The maximum absolute atomic E-state index is 9.79. The predicted molar refractivity (Wildman–Crippen MR) is 249 cm³/mol. The van der Waals surface area contributed by atoms with Gasteiger partial charge in [0.05, 0.1) is 0 Å². The Morgan fingerprint density at radius 1 is 0.610 bits per heavy atom. The molecule has 8 aliphatic carbocycles. The van der Waals surface area contributed by atoms with Crippen molar-refractivity contribution in [1.29, 1.82) is 0 Å². The molecule has 2 aromatic rings. The van der Waals surface area contributed by atoms with Crippen molar-refractivity contribution < 1.29 is 30.5 Å². The molecular formula is C50H70BBrCl2N2O2Pd. The van der Waals surface area contributed by atoms with Crippen molar-refractivity contribution in [3.63, 3.8) is 0 Å². The van der Waals surface area contributed by atoms with Crippen LogP contribution in [0.3, 0.4) is 0 Å². The second kappa shape index (κ2) is 19.4. The summed E-state index contributed by atoms with van der Waals surface area (Å²) in [5.74, 6) is 6.49. The van der Waals surface area contributed by atoms with Gasteiger partial charge in [0.1, 0.15) is 0 Å². The van der Waals surface area contributed by atoms with E-state index in [4.69, 9.17) is 0 Å². The van der Waals surface area contributed by atoms with Gasteiger partial charge in [0.2, 0.25) is 0 Å². The summed E-state index contributed by atoms with van der Waals surface area (Å²) in [6.07, 6.45) is 35.7. The van der Waals surface area contributed by atoms with Gasteiger partial charge in [0.25, 0.3) is 0 Å². The first-order chi connectivity index (χ1) is 26.8. The number of rotatable bonds is 2. The molecule has 0 saturated heterocycles. The average Bonchev–Trinajstić information content (AvgIpc) is 3.74. The zero-order valence-electron chi connectivity index (χ0n) is 36.3. The van der Waals surface area contributed by atoms with E-state index in [1.165, 1.54) is 82.6 Å². The summed E-state index contributed by atoms with van der Waals surface area (Å²) in [4.78, 5) is 8.24. The third kappa shape index (κ3) is 8.91. The van der Waals surface area contributed by atoms with Crippen molar-refractivity contribution in [2.45, 2.75) is 131 Å². The third-order valence-electron chi connectivity index (χ3n) is 17.8. The summed E-state index contributed by atoms with van der Waals surface area (Å²) in [5.41, 5.74) is 8.69. The molecule has 326 valence electrons. The molecule has 4 nitrogen and oxygen atoms in total. The second-order valence-corrected chi connectivity index (χ2v) is 21.6. The van der Waals surface area contributed by atoms with Crippen molar-refractivity contribution in [2.24, 2.45) is 69.0 Å². The van der Waals surface area contributed by atoms with Gasteiger partial charge < -0.3 is 10.0 Å². The molecule has 4 saturated carbocycles. The van der Waals surface area contributed by atoms with Gasteiger partial charge in [0.15, 0.2) is 0 Å². The minimum atomic E-state index is -1.26. The van der Waals surface area contributed by atoms with Crippen LogP contribution in [0.2, 0.25) is 0 Å². The van der Waals surface area contributed by atoms with Crippen LogP contribution >= 0.6 is 40.7 Å². The maximum Gasteiger partial charge on any atom is 0.484 e. The van der Waals surface area contributed by atoms with E-state index < -0.39 is 7.12 Å². The van der Waals surface area contributed by atoms with Gasteiger partial charge in [0, 0.05) is 49.7 Å². The van der Waals surface area contributed by atoms with Crippen molar-refractivity contribution in [3.05, 3.63) is 100 Å². The summed E-state index contributed by atoms with van der Waals surface area (Å²) in [5, 5.41) is 19.6. The van der Waals surface area contributed by atoms with Crippen LogP contribution in [0.5, 0.6) is 0 Å². The van der Waals surface area contributed by atoms with Crippen LogP contribution in [0.1, 0.15) is 137 Å². The van der Waals surface area contributed by atoms with Crippen LogP contribution in [0.15, 0.2) is 94.4 Å². The monoisotopic (exact) mass is 996 g/mol. The molecule has 2 aromatic heterocycles. The number of halogens is 3. The number of hydrogen-bond acceptors (Lipinski definition) is 4. The number of nitrogens with zero attached hydrogens (tertiary/aromatic N) is 2. The molecule has 4 fully saturated rings. The molecular weight excluding hydrogens is 929 g/mol. The quantitative estimate of drug-likeness (QED) is 0.232. The van der Waals surface area contributed by atoms with Gasteiger partial charge in [-0.15, -0.1) is 24.8 Å². The molecule has 12 atom stereocenters. The number of fused-ring (bicyclic) bond motifs is 10. The molecule has 0 aliphatic heterocycles. The number of hydrogen-bond donors (Lipinski definition) is 2. The fourth-order valence-corrected chi connectivity index (χ4v) is 14.8. The Bertz CT molecular complexity index is 1880. The predicted octanol–water partition coefficient (Wildman–Crippen LogP) is 13.5. The van der Waals surface area contributed by atoms with Gasteiger partial charge in [-0.3, -0.25) is 9.97 Å². The van der Waals surface area contributed by atoms with Crippen LogP contribution < -0.4 is 0 Å². The first kappa shape index (κ1) is 49.0. The summed E-state index contributed by atoms with van der Waals surface area (Å²) >= 11 is 3.25. The number of pyridine rings is 2. The van der Waals surface area contributed by atoms with E-state index in [-0.39, 0.29) is 50.7 Å². The first-order valence-electron chi connectivity index (χ1n) is 22.4. The molecule has 2 N–H and O–H groups in total. The van der Waals surface area contributed by atoms with E-state index in [1.54, 1.807) is 23.5 Å². The Kier molecular flexibility index (Phi) is 16.1. The van der Waals surface area contributed by atoms with Gasteiger partial charge in [-0.25, -0.2) is 0 Å². The Morgan fingerprint density at radius 2 is 1.10 bits per heavy atom. The van der Waals surface area contributed by atoms with Crippen LogP contribution in [0.4, 0.5) is 0 Å². The van der Waals surface area contributed by atoms with Crippen molar-refractivity contribution in [3.8, 4) is 0 Å². The van der Waals surface area contributed by atoms with Gasteiger partial charge in [-0.1, -0.05) is 83.1 Å². The Hall–Kier alpha value is -1.03. The maximum atomic E-state index is 9.79. The molecule has 0 spiro atoms. The molecule has 0 radical (unpaired) electrons. The minimum absolute atomic E-state index is 0. The molecule has 2 heterocycles. The standard InChI is InChI=1S/C25H33N.C20H31BO2.C5H4BrN.2ClH.Pd/c1-17-10-12-24(2)19(15-17)6-7-20-22-9-8-21(18-5-4-14-26-16-18)25(22,3)13-11-23(20)24;1-13-8-10-19(2)14(12-13)4-5-15-16-6-7-18(21(22)23)20(16,3)11-9-17(15)19;6-5-2-1-3-7-4-5;;;/h4-6,8,14,16-17,20,22-23H,7,9-13,15H2,1-3H3;4,7,13,15-17,22-23H,5-6,8-12H2,1-3H3;1-4H;2*1H;/t17-,20?,22?,23?,24-,25+;13-,15?,16?,17?,19-,20-;;;;/m00..../s1. The smallest absolute Gasteiger partial charge is 0.423 e. The number of aromatic nitrogens is 2. The third-order valence-corrected chi connectivity index (χ3v) is 18.3. The van der Waals surface area contributed by atoms with Crippen LogP contribution in [-0.4, -0.2) is 27.1 Å². The fourth-order valence-electron chi connectivity index (χ4n) is 14.6. The summed E-state index contributed by atoms with van der Waals surface area (Å²) in [7, 11) is -1.26. The molecule has 10 rings (SSSR count). The fraction of sp³-hybridized carbons (Fsp3) is 0.640. The Morgan fingerprint density at radius 3 is 1.58 bits per heavy atom. The molecule has 6 unspecified atom stereocenters. The molecule has 9 heteroatoms. The molecule has 0 bridgehead atoms. The van der Waals surface area contributed by atoms with Crippen molar-refractivity contribution >= 4 is 53.4 Å². The van der Waals surface area contributed by atoms with Gasteiger partial charge in [-0.2, -0.15) is 0 Å². The molecule has 0 amide bonds. The minimum Gasteiger partial charge on any atom is -0.423 e. The van der Waals surface area contributed by atoms with E-state index in [0.29, 0.717) is 22.2 Å². The van der Waals surface area contributed by atoms with E-state index in [2.05, 4.69) is 110 Å². The van der Waals surface area contributed by atoms with Crippen LogP contribution in [0.25, 0.3) is 5.57 Å². The molecule has 8 aliphatic rings. The van der Waals surface area contributed by atoms with Gasteiger partial charge >= 0.3 is 7.12 Å². The molecule has 0 aromatic carbocycles. The van der Waals surface area contributed by atoms with Crippen molar-refractivity contribution in [1.82, 2.24) is 9.97 Å². The summed E-state index contributed by atoms with van der Waals surface area (Å²) in [6.45, 7) is 14.9. The Balaban J connectivity index is 0.000000185. The molecule has 59 heavy (non-hydrogen) atoms. The van der Waals surface area contributed by atoms with Gasteiger partial charge in [-0.05, 0) is 210 Å². The van der Waals surface area contributed by atoms with E-state index in [9.17, 15) is 10.0 Å².